The predicted molar refractivity (Wildman–Crippen MR) is 61.8 cm³/mol. The number of hydrogen-bond donors (Lipinski definition) is 0. The van der Waals surface area contributed by atoms with Crippen LogP contribution in [0.3, 0.4) is 0 Å². The molecule has 1 aliphatic carbocycles. The molecule has 20 heavy (non-hydrogen) atoms. The zero-order chi connectivity index (χ0) is 14.9. The van der Waals surface area contributed by atoms with E-state index < -0.39 is 18.2 Å². The monoisotopic (exact) mass is 304 g/mol. The first-order chi connectivity index (χ1) is 9.32. The van der Waals surface area contributed by atoms with Crippen LogP contribution in [0.5, 0.6) is 0 Å². The zero-order valence-corrected chi connectivity index (χ0v) is 10.8. The molecule has 4 nitrogen and oxygen atoms in total. The van der Waals surface area contributed by atoms with E-state index in [2.05, 4.69) is 9.72 Å². The number of nitriles is 1. The number of ether oxygens (including phenoxy) is 1. The van der Waals surface area contributed by atoms with Crippen LogP contribution in [0.4, 0.5) is 13.2 Å². The number of nitrogens with zero attached hydrogens (tertiary/aromatic N) is 2. The Balaban J connectivity index is 2.32. The second-order valence-electron chi connectivity index (χ2n) is 4.27. The van der Waals surface area contributed by atoms with Crippen molar-refractivity contribution in [2.45, 2.75) is 31.5 Å². The molecule has 0 radical (unpaired) electrons. The summed E-state index contributed by atoms with van der Waals surface area (Å²) in [4.78, 5) is 14.8. The molecule has 1 aromatic heterocycles. The van der Waals surface area contributed by atoms with Gasteiger partial charge in [0.05, 0.1) is 11.3 Å². The van der Waals surface area contributed by atoms with E-state index in [0.29, 0.717) is 18.4 Å². The van der Waals surface area contributed by atoms with Gasteiger partial charge >= 0.3 is 12.1 Å². The first-order valence-corrected chi connectivity index (χ1v) is 6.08. The molecule has 106 valence electrons. The number of halogens is 4. The smallest absolute Gasteiger partial charge is 0.449 e. The van der Waals surface area contributed by atoms with E-state index >= 15 is 0 Å². The van der Waals surface area contributed by atoms with Gasteiger partial charge in [0.2, 0.25) is 0 Å². The van der Waals surface area contributed by atoms with Crippen LogP contribution in [0.15, 0.2) is 6.07 Å². The van der Waals surface area contributed by atoms with Crippen molar-refractivity contribution in [3.8, 4) is 6.07 Å². The molecule has 0 aliphatic heterocycles. The van der Waals surface area contributed by atoms with E-state index in [0.717, 1.165) is 0 Å². The lowest BCUT2D eigenvalue weighted by atomic mass is 9.93. The summed E-state index contributed by atoms with van der Waals surface area (Å²) in [6.07, 6.45) is -4.80. The Morgan fingerprint density at radius 1 is 1.55 bits per heavy atom. The minimum Gasteiger partial charge on any atom is -0.449 e. The summed E-state index contributed by atoms with van der Waals surface area (Å²) in [5, 5.41) is 8.72. The molecule has 1 atom stereocenters. The molecule has 0 aromatic carbocycles. The van der Waals surface area contributed by atoms with Gasteiger partial charge in [0.15, 0.2) is 0 Å². The minimum atomic E-state index is -5.05. The molecule has 0 N–H and O–H groups in total. The maximum absolute atomic E-state index is 12.2. The number of esters is 1. The zero-order valence-electron chi connectivity index (χ0n) is 10.00. The lowest BCUT2D eigenvalue weighted by Gasteiger charge is -2.25. The van der Waals surface area contributed by atoms with Gasteiger partial charge in [-0.05, 0) is 30.9 Å². The highest BCUT2D eigenvalue weighted by Gasteiger charge is 2.43. The summed E-state index contributed by atoms with van der Waals surface area (Å²) in [5.41, 5.74) is 0.920. The number of aryl methyl sites for hydroxylation is 1. The summed E-state index contributed by atoms with van der Waals surface area (Å²) in [7, 11) is 0. The summed E-state index contributed by atoms with van der Waals surface area (Å²) in [5.74, 6) is -2.25. The Bertz CT molecular complexity index is 596. The highest BCUT2D eigenvalue weighted by molar-refractivity contribution is 6.30. The van der Waals surface area contributed by atoms with Gasteiger partial charge in [0.25, 0.3) is 0 Å². The Hall–Kier alpha value is -1.81. The molecule has 8 heteroatoms. The highest BCUT2D eigenvalue weighted by Crippen LogP contribution is 2.34. The average Bonchev–Trinajstić information content (AvgIpc) is 2.37. The molecule has 0 bridgehead atoms. The molecule has 1 unspecified atom stereocenters. The normalized spacial score (nSPS) is 18.1. The Labute approximate surface area is 117 Å². The van der Waals surface area contributed by atoms with E-state index in [1.807, 2.05) is 6.07 Å². The van der Waals surface area contributed by atoms with Crippen LogP contribution in [0.2, 0.25) is 5.15 Å². The number of hydrogen-bond acceptors (Lipinski definition) is 4. The molecule has 1 heterocycles. The van der Waals surface area contributed by atoms with Crippen LogP contribution in [0, 0.1) is 11.3 Å². The molecule has 0 saturated carbocycles. The quantitative estimate of drug-likeness (QED) is 0.591. The van der Waals surface area contributed by atoms with Gasteiger partial charge in [-0.3, -0.25) is 0 Å². The van der Waals surface area contributed by atoms with Crippen LogP contribution in [-0.2, 0) is 16.0 Å². The Kier molecular flexibility index (Phi) is 3.86. The fourth-order valence-electron chi connectivity index (χ4n) is 2.03. The van der Waals surface area contributed by atoms with Gasteiger partial charge in [-0.25, -0.2) is 9.78 Å². The third-order valence-electron chi connectivity index (χ3n) is 2.91. The van der Waals surface area contributed by atoms with Gasteiger partial charge < -0.3 is 4.74 Å². The number of carbonyl (C=O) groups excluding carboxylic acids is 1. The van der Waals surface area contributed by atoms with Gasteiger partial charge in [-0.1, -0.05) is 11.6 Å². The van der Waals surface area contributed by atoms with Crippen LogP contribution in [0.1, 0.15) is 35.8 Å². The lowest BCUT2D eigenvalue weighted by Crippen LogP contribution is -2.29. The van der Waals surface area contributed by atoms with Gasteiger partial charge in [-0.15, -0.1) is 0 Å². The first-order valence-electron chi connectivity index (χ1n) is 5.70. The first kappa shape index (κ1) is 14.6. The number of fused-ring (bicyclic) bond motifs is 1. The van der Waals surface area contributed by atoms with Crippen molar-refractivity contribution in [1.29, 1.82) is 5.26 Å². The van der Waals surface area contributed by atoms with E-state index in [1.54, 1.807) is 0 Å². The van der Waals surface area contributed by atoms with Crippen molar-refractivity contribution < 1.29 is 22.7 Å². The molecular formula is C12H8ClF3N2O2. The van der Waals surface area contributed by atoms with Crippen molar-refractivity contribution in [2.24, 2.45) is 0 Å². The predicted octanol–water partition coefficient (Wildman–Crippen LogP) is 3.09. The van der Waals surface area contributed by atoms with Gasteiger partial charge in [0, 0.05) is 0 Å². The van der Waals surface area contributed by atoms with Crippen molar-refractivity contribution in [2.75, 3.05) is 0 Å². The molecular weight excluding hydrogens is 297 g/mol. The third-order valence-corrected chi connectivity index (χ3v) is 3.20. The Morgan fingerprint density at radius 3 is 2.85 bits per heavy atom. The lowest BCUT2D eigenvalue weighted by molar-refractivity contribution is -0.206. The van der Waals surface area contributed by atoms with Gasteiger partial charge in [0.1, 0.15) is 17.3 Å². The fraction of sp³-hybridized carbons (Fsp3) is 0.417. The number of carbonyl (C=O) groups is 1. The highest BCUT2D eigenvalue weighted by atomic mass is 35.5. The van der Waals surface area contributed by atoms with Crippen molar-refractivity contribution in [3.63, 3.8) is 0 Å². The van der Waals surface area contributed by atoms with E-state index in [-0.39, 0.29) is 22.8 Å². The molecule has 0 fully saturated rings. The van der Waals surface area contributed by atoms with Gasteiger partial charge in [-0.2, -0.15) is 18.4 Å². The topological polar surface area (TPSA) is 63.0 Å². The largest absolute Gasteiger partial charge is 0.490 e. The van der Waals surface area contributed by atoms with Crippen molar-refractivity contribution in [3.05, 3.63) is 28.0 Å². The van der Waals surface area contributed by atoms with E-state index in [4.69, 9.17) is 16.9 Å². The molecule has 1 aliphatic rings. The second kappa shape index (κ2) is 5.29. The third kappa shape index (κ3) is 2.85. The van der Waals surface area contributed by atoms with E-state index in [1.165, 1.54) is 6.07 Å². The maximum atomic E-state index is 12.2. The Morgan fingerprint density at radius 2 is 2.25 bits per heavy atom. The number of pyridine rings is 1. The van der Waals surface area contributed by atoms with Crippen LogP contribution in [-0.4, -0.2) is 17.1 Å². The molecule has 1 aromatic rings. The molecule has 0 amide bonds. The summed E-state index contributed by atoms with van der Waals surface area (Å²) in [6, 6.07) is 3.31. The summed E-state index contributed by atoms with van der Waals surface area (Å²) >= 11 is 5.76. The standard InChI is InChI=1S/C12H8ClF3N2O2/c13-10-7(5-17)4-6-2-1-3-8(9(6)18-10)20-11(19)12(14,15)16/h4,8H,1-3H2. The maximum Gasteiger partial charge on any atom is 0.490 e. The second-order valence-corrected chi connectivity index (χ2v) is 4.62. The van der Waals surface area contributed by atoms with Crippen LogP contribution in [0.25, 0.3) is 0 Å². The molecule has 0 spiro atoms. The fourth-order valence-corrected chi connectivity index (χ4v) is 2.22. The minimum absolute atomic E-state index is 0.110. The van der Waals surface area contributed by atoms with Crippen LogP contribution < -0.4 is 0 Å². The number of rotatable bonds is 1. The number of aromatic nitrogens is 1. The number of alkyl halides is 3. The average molecular weight is 305 g/mol. The molecule has 0 saturated heterocycles. The van der Waals surface area contributed by atoms with E-state index in [9.17, 15) is 18.0 Å². The molecule has 2 rings (SSSR count). The summed E-state index contributed by atoms with van der Waals surface area (Å²) in [6.45, 7) is 0. The summed E-state index contributed by atoms with van der Waals surface area (Å²) < 4.78 is 41.1. The van der Waals surface area contributed by atoms with Crippen molar-refractivity contribution >= 4 is 17.6 Å². The van der Waals surface area contributed by atoms with Crippen molar-refractivity contribution in [1.82, 2.24) is 4.98 Å². The van der Waals surface area contributed by atoms with Crippen LogP contribution >= 0.6 is 11.6 Å². The SMILES string of the molecule is N#Cc1cc2c(nc1Cl)C(OC(=O)C(F)(F)F)CCC2.